The minimum absolute atomic E-state index is 0.164. The molecule has 13 heavy (non-hydrogen) atoms. The van der Waals surface area contributed by atoms with Crippen LogP contribution in [0.1, 0.15) is 29.3 Å². The highest BCUT2D eigenvalue weighted by Gasteiger charge is 2.22. The zero-order valence-electron chi connectivity index (χ0n) is 7.32. The Kier molecular flexibility index (Phi) is 1.81. The summed E-state index contributed by atoms with van der Waals surface area (Å²) in [5.41, 5.74) is 0.281. The Bertz CT molecular complexity index is 345. The van der Waals surface area contributed by atoms with Gasteiger partial charge in [-0.25, -0.2) is 9.78 Å². The number of hydrogen-bond donors (Lipinski definition) is 2. The molecular formula is C8H11N3O2. The molecule has 0 aromatic carbocycles. The summed E-state index contributed by atoms with van der Waals surface area (Å²) in [5, 5.41) is 12.0. The molecule has 0 bridgehead atoms. The number of imidazole rings is 1. The van der Waals surface area contributed by atoms with Gasteiger partial charge in [-0.15, -0.1) is 0 Å². The second kappa shape index (κ2) is 2.85. The predicted octanol–water partition coefficient (Wildman–Crippen LogP) is 0.246. The van der Waals surface area contributed by atoms with Gasteiger partial charge in [-0.1, -0.05) is 0 Å². The summed E-state index contributed by atoms with van der Waals surface area (Å²) in [6.07, 6.45) is 1.42. The summed E-state index contributed by atoms with van der Waals surface area (Å²) < 4.78 is 1.78. The number of carboxylic acids is 1. The molecule has 5 heteroatoms. The summed E-state index contributed by atoms with van der Waals surface area (Å²) in [6.45, 7) is 3.42. The lowest BCUT2D eigenvalue weighted by atomic mass is 10.2. The van der Waals surface area contributed by atoms with Crippen molar-refractivity contribution in [3.8, 4) is 0 Å². The fourth-order valence-electron chi connectivity index (χ4n) is 1.66. The molecule has 2 rings (SSSR count). The first-order valence-corrected chi connectivity index (χ1v) is 4.20. The van der Waals surface area contributed by atoms with Gasteiger partial charge in [-0.3, -0.25) is 0 Å². The van der Waals surface area contributed by atoms with E-state index in [1.807, 2.05) is 6.92 Å². The molecule has 1 atom stereocenters. The van der Waals surface area contributed by atoms with Crippen LogP contribution in [0.25, 0.3) is 0 Å². The summed E-state index contributed by atoms with van der Waals surface area (Å²) in [7, 11) is 0. The second-order valence-electron chi connectivity index (χ2n) is 3.21. The van der Waals surface area contributed by atoms with Crippen molar-refractivity contribution in [2.24, 2.45) is 0 Å². The molecule has 2 N–H and O–H groups in total. The molecule has 0 saturated heterocycles. The van der Waals surface area contributed by atoms with Gasteiger partial charge in [-0.2, -0.15) is 0 Å². The summed E-state index contributed by atoms with van der Waals surface area (Å²) >= 11 is 0. The largest absolute Gasteiger partial charge is 0.477 e. The molecule has 2 heterocycles. The molecule has 1 unspecified atom stereocenters. The van der Waals surface area contributed by atoms with Crippen LogP contribution in [-0.4, -0.2) is 27.2 Å². The van der Waals surface area contributed by atoms with Crippen molar-refractivity contribution in [3.63, 3.8) is 0 Å². The highest BCUT2D eigenvalue weighted by Crippen LogP contribution is 2.17. The molecule has 1 aromatic heterocycles. The number of fused-ring (bicyclic) bond motifs is 1. The molecule has 0 saturated carbocycles. The summed E-state index contributed by atoms with van der Waals surface area (Å²) in [5.74, 6) is -0.108. The van der Waals surface area contributed by atoms with Crippen LogP contribution in [-0.2, 0) is 6.54 Å². The maximum atomic E-state index is 10.8. The maximum absolute atomic E-state index is 10.8. The molecule has 0 fully saturated rings. The Hall–Kier alpha value is -1.36. The van der Waals surface area contributed by atoms with E-state index in [2.05, 4.69) is 10.3 Å². The fraction of sp³-hybridized carbons (Fsp3) is 0.500. The van der Waals surface area contributed by atoms with E-state index in [0.29, 0.717) is 6.54 Å². The van der Waals surface area contributed by atoms with E-state index < -0.39 is 5.97 Å². The Morgan fingerprint density at radius 2 is 2.62 bits per heavy atom. The third-order valence-corrected chi connectivity index (χ3v) is 2.26. The van der Waals surface area contributed by atoms with Crippen molar-refractivity contribution in [2.45, 2.75) is 19.5 Å². The van der Waals surface area contributed by atoms with Gasteiger partial charge in [0.25, 0.3) is 0 Å². The van der Waals surface area contributed by atoms with E-state index in [1.165, 1.54) is 6.20 Å². The summed E-state index contributed by atoms with van der Waals surface area (Å²) in [6, 6.07) is 0.164. The van der Waals surface area contributed by atoms with Gasteiger partial charge in [-0.05, 0) is 6.92 Å². The minimum atomic E-state index is -0.910. The predicted molar refractivity (Wildman–Crippen MR) is 45.6 cm³/mol. The topological polar surface area (TPSA) is 67.2 Å². The normalized spacial score (nSPS) is 21.2. The lowest BCUT2D eigenvalue weighted by molar-refractivity contribution is 0.0681. The van der Waals surface area contributed by atoms with Crippen LogP contribution >= 0.6 is 0 Å². The van der Waals surface area contributed by atoms with Crippen molar-refractivity contribution in [3.05, 3.63) is 17.7 Å². The van der Waals surface area contributed by atoms with Crippen molar-refractivity contribution >= 4 is 5.97 Å². The van der Waals surface area contributed by atoms with E-state index in [1.54, 1.807) is 4.57 Å². The average Bonchev–Trinajstić information content (AvgIpc) is 2.49. The number of rotatable bonds is 1. The number of carbonyl (C=O) groups is 1. The molecule has 70 valence electrons. The van der Waals surface area contributed by atoms with Crippen molar-refractivity contribution < 1.29 is 9.90 Å². The van der Waals surface area contributed by atoms with E-state index >= 15 is 0 Å². The SMILES string of the molecule is CC1CNCc2ncc(C(=O)O)n21. The second-order valence-corrected chi connectivity index (χ2v) is 3.21. The van der Waals surface area contributed by atoms with E-state index in [9.17, 15) is 4.79 Å². The van der Waals surface area contributed by atoms with Crippen LogP contribution in [0.4, 0.5) is 0 Å². The third kappa shape index (κ3) is 1.21. The monoisotopic (exact) mass is 181 g/mol. The van der Waals surface area contributed by atoms with Gasteiger partial charge in [0, 0.05) is 12.6 Å². The number of aromatic nitrogens is 2. The molecule has 1 aliphatic rings. The molecule has 1 aromatic rings. The molecule has 0 radical (unpaired) electrons. The van der Waals surface area contributed by atoms with E-state index in [0.717, 1.165) is 12.4 Å². The van der Waals surface area contributed by atoms with Gasteiger partial charge in [0.2, 0.25) is 0 Å². The minimum Gasteiger partial charge on any atom is -0.477 e. The molecule has 1 aliphatic heterocycles. The van der Waals surface area contributed by atoms with Gasteiger partial charge >= 0.3 is 5.97 Å². The van der Waals surface area contributed by atoms with Crippen LogP contribution in [0, 0.1) is 0 Å². The smallest absolute Gasteiger partial charge is 0.354 e. The van der Waals surface area contributed by atoms with E-state index in [-0.39, 0.29) is 11.7 Å². The number of carboxylic acid groups (broad SMARTS) is 1. The lowest BCUT2D eigenvalue weighted by Crippen LogP contribution is -2.33. The maximum Gasteiger partial charge on any atom is 0.354 e. The van der Waals surface area contributed by atoms with Crippen LogP contribution in [0.3, 0.4) is 0 Å². The molecule has 0 amide bonds. The third-order valence-electron chi connectivity index (χ3n) is 2.26. The van der Waals surface area contributed by atoms with E-state index in [4.69, 9.17) is 5.11 Å². The molecular weight excluding hydrogens is 170 g/mol. The number of nitrogens with one attached hydrogen (secondary N) is 1. The number of hydrogen-bond acceptors (Lipinski definition) is 3. The zero-order chi connectivity index (χ0) is 9.42. The number of aromatic carboxylic acids is 1. The number of nitrogens with zero attached hydrogens (tertiary/aromatic N) is 2. The van der Waals surface area contributed by atoms with Crippen molar-refractivity contribution in [2.75, 3.05) is 6.54 Å². The Balaban J connectivity index is 2.50. The van der Waals surface area contributed by atoms with Crippen molar-refractivity contribution in [1.82, 2.24) is 14.9 Å². The van der Waals surface area contributed by atoms with Crippen molar-refractivity contribution in [1.29, 1.82) is 0 Å². The fourth-order valence-corrected chi connectivity index (χ4v) is 1.66. The van der Waals surface area contributed by atoms with Crippen LogP contribution < -0.4 is 5.32 Å². The Labute approximate surface area is 75.4 Å². The average molecular weight is 181 g/mol. The molecule has 5 nitrogen and oxygen atoms in total. The first-order valence-electron chi connectivity index (χ1n) is 4.20. The molecule has 0 spiro atoms. The van der Waals surface area contributed by atoms with Crippen LogP contribution in [0.5, 0.6) is 0 Å². The first kappa shape index (κ1) is 8.25. The zero-order valence-corrected chi connectivity index (χ0v) is 7.32. The van der Waals surface area contributed by atoms with Gasteiger partial charge in [0.15, 0.2) is 0 Å². The first-order chi connectivity index (χ1) is 6.20. The quantitative estimate of drug-likeness (QED) is 0.651. The Morgan fingerprint density at radius 1 is 1.85 bits per heavy atom. The standard InChI is InChI=1S/C8H11N3O2/c1-5-2-9-4-7-10-3-6(8(12)13)11(5)7/h3,5,9H,2,4H2,1H3,(H,12,13). The highest BCUT2D eigenvalue weighted by atomic mass is 16.4. The van der Waals surface area contributed by atoms with Crippen LogP contribution in [0.2, 0.25) is 0 Å². The van der Waals surface area contributed by atoms with Crippen LogP contribution in [0.15, 0.2) is 6.20 Å². The summed E-state index contributed by atoms with van der Waals surface area (Å²) in [4.78, 5) is 14.8. The highest BCUT2D eigenvalue weighted by molar-refractivity contribution is 5.85. The molecule has 0 aliphatic carbocycles. The lowest BCUT2D eigenvalue weighted by Gasteiger charge is -2.23. The van der Waals surface area contributed by atoms with Gasteiger partial charge < -0.3 is 15.0 Å². The Morgan fingerprint density at radius 3 is 3.31 bits per heavy atom. The van der Waals surface area contributed by atoms with Gasteiger partial charge in [0.1, 0.15) is 11.5 Å². The van der Waals surface area contributed by atoms with Gasteiger partial charge in [0.05, 0.1) is 12.7 Å².